The van der Waals surface area contributed by atoms with Crippen molar-refractivity contribution in [3.05, 3.63) is 53.6 Å². The normalized spacial score (nSPS) is 11.7. The van der Waals surface area contributed by atoms with E-state index < -0.39 is 17.7 Å². The van der Waals surface area contributed by atoms with Crippen molar-refractivity contribution in [2.24, 2.45) is 0 Å². The molecule has 2 aromatic carbocycles. The van der Waals surface area contributed by atoms with Crippen LogP contribution in [0, 0.1) is 0 Å². The van der Waals surface area contributed by atoms with Crippen molar-refractivity contribution in [2.45, 2.75) is 32.4 Å². The molecule has 7 heteroatoms. The molecular weight excluding hydrogens is 371 g/mol. The summed E-state index contributed by atoms with van der Waals surface area (Å²) in [5.74, 6) is -0.464. The van der Waals surface area contributed by atoms with Crippen molar-refractivity contribution in [3.8, 4) is 17.0 Å². The SMILES string of the molecule is CCCCOc1ccc2[nH]c(-c3cccc(C(F)(F)F)c3)c(CC(=O)O)c2c1. The van der Waals surface area contributed by atoms with E-state index in [-0.39, 0.29) is 12.0 Å². The van der Waals surface area contributed by atoms with Gasteiger partial charge in [0.05, 0.1) is 24.3 Å². The van der Waals surface area contributed by atoms with Gasteiger partial charge < -0.3 is 14.8 Å². The molecule has 0 aliphatic carbocycles. The van der Waals surface area contributed by atoms with Crippen molar-refractivity contribution in [1.29, 1.82) is 0 Å². The van der Waals surface area contributed by atoms with Crippen LogP contribution in [0.1, 0.15) is 30.9 Å². The number of alkyl halides is 3. The molecule has 0 fully saturated rings. The van der Waals surface area contributed by atoms with Crippen molar-refractivity contribution in [2.75, 3.05) is 6.61 Å². The molecule has 4 nitrogen and oxygen atoms in total. The van der Waals surface area contributed by atoms with E-state index in [9.17, 15) is 23.1 Å². The summed E-state index contributed by atoms with van der Waals surface area (Å²) >= 11 is 0. The van der Waals surface area contributed by atoms with Crippen molar-refractivity contribution >= 4 is 16.9 Å². The van der Waals surface area contributed by atoms with E-state index in [2.05, 4.69) is 4.98 Å². The third-order valence-electron chi connectivity index (χ3n) is 4.45. The summed E-state index contributed by atoms with van der Waals surface area (Å²) in [5, 5.41) is 9.95. The monoisotopic (exact) mass is 391 g/mol. The molecule has 0 amide bonds. The maximum absolute atomic E-state index is 13.1. The molecule has 0 atom stereocenters. The Balaban J connectivity index is 2.10. The van der Waals surface area contributed by atoms with Gasteiger partial charge in [0.25, 0.3) is 0 Å². The van der Waals surface area contributed by atoms with Crippen LogP contribution in [-0.2, 0) is 17.4 Å². The van der Waals surface area contributed by atoms with Gasteiger partial charge in [-0.25, -0.2) is 0 Å². The summed E-state index contributed by atoms with van der Waals surface area (Å²) in [7, 11) is 0. The van der Waals surface area contributed by atoms with Gasteiger partial charge in [-0.15, -0.1) is 0 Å². The molecule has 28 heavy (non-hydrogen) atoms. The minimum atomic E-state index is -4.48. The van der Waals surface area contributed by atoms with Gasteiger partial charge in [-0.3, -0.25) is 4.79 Å². The van der Waals surface area contributed by atoms with Crippen LogP contribution in [0.4, 0.5) is 13.2 Å². The zero-order chi connectivity index (χ0) is 20.3. The predicted octanol–water partition coefficient (Wildman–Crippen LogP) is 5.66. The fourth-order valence-corrected chi connectivity index (χ4v) is 3.08. The summed E-state index contributed by atoms with van der Waals surface area (Å²) in [5.41, 5.74) is 0.952. The molecule has 0 aliphatic heterocycles. The molecule has 0 saturated carbocycles. The molecule has 0 spiro atoms. The Hall–Kier alpha value is -2.96. The Kier molecular flexibility index (Phi) is 5.63. The highest BCUT2D eigenvalue weighted by Crippen LogP contribution is 2.36. The van der Waals surface area contributed by atoms with Crippen molar-refractivity contribution < 1.29 is 27.8 Å². The van der Waals surface area contributed by atoms with Crippen LogP contribution in [0.15, 0.2) is 42.5 Å². The number of aromatic amines is 1. The minimum Gasteiger partial charge on any atom is -0.494 e. The smallest absolute Gasteiger partial charge is 0.416 e. The highest BCUT2D eigenvalue weighted by Gasteiger charge is 2.31. The second-order valence-corrected chi connectivity index (χ2v) is 6.54. The Labute approximate surface area is 159 Å². The van der Waals surface area contributed by atoms with Gasteiger partial charge >= 0.3 is 12.1 Å². The number of nitrogens with one attached hydrogen (secondary N) is 1. The number of halogens is 3. The standard InChI is InChI=1S/C21H20F3NO3/c1-2-3-9-28-15-7-8-18-16(11-15)17(12-19(26)27)20(25-18)13-5-4-6-14(10-13)21(22,23)24/h4-8,10-11,25H,2-3,9,12H2,1H3,(H,26,27). The highest BCUT2D eigenvalue weighted by atomic mass is 19.4. The molecule has 1 heterocycles. The summed E-state index contributed by atoms with van der Waals surface area (Å²) in [4.78, 5) is 14.5. The molecule has 0 saturated heterocycles. The van der Waals surface area contributed by atoms with Crippen molar-refractivity contribution in [3.63, 3.8) is 0 Å². The summed E-state index contributed by atoms with van der Waals surface area (Å²) in [6.45, 7) is 2.59. The second-order valence-electron chi connectivity index (χ2n) is 6.54. The first-order valence-electron chi connectivity index (χ1n) is 8.96. The summed E-state index contributed by atoms with van der Waals surface area (Å²) in [6, 6.07) is 10.1. The Morgan fingerprint density at radius 2 is 1.96 bits per heavy atom. The van der Waals surface area contributed by atoms with Crippen molar-refractivity contribution in [1.82, 2.24) is 4.98 Å². The van der Waals surface area contributed by atoms with Gasteiger partial charge in [0.2, 0.25) is 0 Å². The zero-order valence-electron chi connectivity index (χ0n) is 15.3. The van der Waals surface area contributed by atoms with E-state index in [1.807, 2.05) is 6.92 Å². The van der Waals surface area contributed by atoms with Gasteiger partial charge in [0.15, 0.2) is 0 Å². The molecule has 0 bridgehead atoms. The fourth-order valence-electron chi connectivity index (χ4n) is 3.08. The Morgan fingerprint density at radius 3 is 2.64 bits per heavy atom. The molecule has 1 aromatic heterocycles. The number of ether oxygens (including phenoxy) is 1. The van der Waals surface area contributed by atoms with Crippen LogP contribution in [0.3, 0.4) is 0 Å². The van der Waals surface area contributed by atoms with Crippen LogP contribution in [-0.4, -0.2) is 22.7 Å². The summed E-state index contributed by atoms with van der Waals surface area (Å²) in [6.07, 6.45) is -2.92. The molecule has 3 aromatic rings. The maximum atomic E-state index is 13.1. The quantitative estimate of drug-likeness (QED) is 0.511. The largest absolute Gasteiger partial charge is 0.494 e. The number of carbonyl (C=O) groups is 1. The number of H-pyrrole nitrogens is 1. The Morgan fingerprint density at radius 1 is 1.18 bits per heavy atom. The van der Waals surface area contributed by atoms with Gasteiger partial charge in [0.1, 0.15) is 5.75 Å². The average Bonchev–Trinajstić information content (AvgIpc) is 2.99. The summed E-state index contributed by atoms with van der Waals surface area (Å²) < 4.78 is 44.9. The molecular formula is C21H20F3NO3. The number of carboxylic acid groups (broad SMARTS) is 1. The number of hydrogen-bond donors (Lipinski definition) is 2. The lowest BCUT2D eigenvalue weighted by molar-refractivity contribution is -0.138. The lowest BCUT2D eigenvalue weighted by Gasteiger charge is -2.09. The van der Waals surface area contributed by atoms with Crippen LogP contribution < -0.4 is 4.74 Å². The maximum Gasteiger partial charge on any atom is 0.416 e. The number of aliphatic carboxylic acids is 1. The first-order valence-corrected chi connectivity index (χ1v) is 8.96. The molecule has 0 unspecified atom stereocenters. The number of carboxylic acids is 1. The van der Waals surface area contributed by atoms with Crippen LogP contribution >= 0.6 is 0 Å². The first-order chi connectivity index (χ1) is 13.3. The topological polar surface area (TPSA) is 62.3 Å². The number of hydrogen-bond acceptors (Lipinski definition) is 2. The third kappa shape index (κ3) is 4.30. The van der Waals surface area contributed by atoms with Crippen LogP contribution in [0.2, 0.25) is 0 Å². The molecule has 0 radical (unpaired) electrons. The molecule has 148 valence electrons. The highest BCUT2D eigenvalue weighted by molar-refractivity contribution is 5.94. The zero-order valence-corrected chi connectivity index (χ0v) is 15.3. The predicted molar refractivity (Wildman–Crippen MR) is 100 cm³/mol. The number of rotatable bonds is 7. The van der Waals surface area contributed by atoms with Gasteiger partial charge in [-0.1, -0.05) is 25.5 Å². The Bertz CT molecular complexity index is 992. The van der Waals surface area contributed by atoms with Crippen LogP contribution in [0.25, 0.3) is 22.2 Å². The lowest BCUT2D eigenvalue weighted by atomic mass is 10.0. The van der Waals surface area contributed by atoms with E-state index >= 15 is 0 Å². The van der Waals surface area contributed by atoms with E-state index in [1.54, 1.807) is 18.2 Å². The van der Waals surface area contributed by atoms with E-state index in [0.717, 1.165) is 25.0 Å². The minimum absolute atomic E-state index is 0.288. The number of benzene rings is 2. The van der Waals surface area contributed by atoms with Crippen LogP contribution in [0.5, 0.6) is 5.75 Å². The van der Waals surface area contributed by atoms with E-state index in [1.165, 1.54) is 12.1 Å². The van der Waals surface area contributed by atoms with E-state index in [4.69, 9.17) is 4.74 Å². The average molecular weight is 391 g/mol. The number of unbranched alkanes of at least 4 members (excludes halogenated alkanes) is 1. The number of aromatic nitrogens is 1. The van der Waals surface area contributed by atoms with E-state index in [0.29, 0.717) is 34.5 Å². The fraction of sp³-hybridized carbons (Fsp3) is 0.286. The molecule has 2 N–H and O–H groups in total. The third-order valence-corrected chi connectivity index (χ3v) is 4.45. The van der Waals surface area contributed by atoms with Gasteiger partial charge in [-0.05, 0) is 47.9 Å². The molecule has 0 aliphatic rings. The number of fused-ring (bicyclic) bond motifs is 1. The lowest BCUT2D eigenvalue weighted by Crippen LogP contribution is -2.05. The van der Waals surface area contributed by atoms with Gasteiger partial charge in [0, 0.05) is 10.9 Å². The first kappa shape index (κ1) is 19.8. The second kappa shape index (κ2) is 7.96. The van der Waals surface area contributed by atoms with Gasteiger partial charge in [-0.2, -0.15) is 13.2 Å². The molecule has 3 rings (SSSR count).